The molecule has 4 rings (SSSR count). The number of nitrogens with zero attached hydrogens (tertiary/aromatic N) is 4. The number of hydrogen-bond donors (Lipinski definition) is 1. The fourth-order valence-corrected chi connectivity index (χ4v) is 4.34. The van der Waals surface area contributed by atoms with Crippen molar-refractivity contribution in [2.75, 3.05) is 24.7 Å². The summed E-state index contributed by atoms with van der Waals surface area (Å²) in [6.07, 6.45) is 9.21. The van der Waals surface area contributed by atoms with Crippen molar-refractivity contribution in [3.05, 3.63) is 47.0 Å². The first-order valence-electron chi connectivity index (χ1n) is 9.88. The first kappa shape index (κ1) is 20.9. The number of imidazole rings is 1. The molecule has 1 aromatic carbocycles. The van der Waals surface area contributed by atoms with Gasteiger partial charge in [0.15, 0.2) is 0 Å². The summed E-state index contributed by atoms with van der Waals surface area (Å²) < 4.78 is 7.12. The zero-order chi connectivity index (χ0) is 21.1. The van der Waals surface area contributed by atoms with Crippen molar-refractivity contribution in [1.29, 1.82) is 0 Å². The van der Waals surface area contributed by atoms with Crippen molar-refractivity contribution in [2.24, 2.45) is 0 Å². The lowest BCUT2D eigenvalue weighted by atomic mass is 10.1. The summed E-state index contributed by atoms with van der Waals surface area (Å²) in [4.78, 5) is 21.9. The van der Waals surface area contributed by atoms with Gasteiger partial charge in [0.2, 0.25) is 0 Å². The average molecular weight is 449 g/mol. The van der Waals surface area contributed by atoms with Crippen LogP contribution in [0.1, 0.15) is 25.7 Å². The van der Waals surface area contributed by atoms with Crippen molar-refractivity contribution in [1.82, 2.24) is 14.5 Å². The first-order valence-corrected chi connectivity index (χ1v) is 10.6. The minimum absolute atomic E-state index is 0.256. The summed E-state index contributed by atoms with van der Waals surface area (Å²) in [7, 11) is 0. The Balaban J connectivity index is 1.63. The summed E-state index contributed by atoms with van der Waals surface area (Å²) in [5.74, 6) is -0.0928. The average Bonchev–Trinajstić information content (AvgIpc) is 3.42. The van der Waals surface area contributed by atoms with Crippen molar-refractivity contribution >= 4 is 45.9 Å². The van der Waals surface area contributed by atoms with Gasteiger partial charge in [-0.25, -0.2) is 14.8 Å². The highest BCUT2D eigenvalue weighted by atomic mass is 35.5. The predicted octanol–water partition coefficient (Wildman–Crippen LogP) is 4.58. The number of carbonyl (C=O) groups is 1. The van der Waals surface area contributed by atoms with Crippen LogP contribution in [0.3, 0.4) is 0 Å². The van der Waals surface area contributed by atoms with E-state index in [1.165, 1.54) is 0 Å². The van der Waals surface area contributed by atoms with Gasteiger partial charge in [-0.3, -0.25) is 0 Å². The summed E-state index contributed by atoms with van der Waals surface area (Å²) in [5, 5.41) is 10.5. The van der Waals surface area contributed by atoms with E-state index in [1.54, 1.807) is 18.6 Å². The van der Waals surface area contributed by atoms with Gasteiger partial charge in [0, 0.05) is 43.0 Å². The molecule has 0 saturated carbocycles. The molecule has 0 unspecified atom stereocenters. The third kappa shape index (κ3) is 4.38. The number of halogens is 2. The van der Waals surface area contributed by atoms with Gasteiger partial charge in [0.1, 0.15) is 12.4 Å². The smallest absolute Gasteiger partial charge is 0.329 e. The Morgan fingerprint density at radius 1 is 1.33 bits per heavy atom. The number of rotatable bonds is 8. The Hall–Kier alpha value is -2.35. The number of carboxylic acids is 1. The van der Waals surface area contributed by atoms with Crippen molar-refractivity contribution in [3.8, 4) is 5.69 Å². The molecule has 30 heavy (non-hydrogen) atoms. The lowest BCUT2D eigenvalue weighted by Crippen LogP contribution is -2.30. The number of benzene rings is 1. The summed E-state index contributed by atoms with van der Waals surface area (Å²) in [6, 6.07) is 6.09. The minimum Gasteiger partial charge on any atom is -0.480 e. The zero-order valence-electron chi connectivity index (χ0n) is 16.3. The Bertz CT molecular complexity index is 1040. The number of anilines is 1. The predicted molar refractivity (Wildman–Crippen MR) is 117 cm³/mol. The van der Waals surface area contributed by atoms with Crippen LogP contribution in [0.5, 0.6) is 0 Å². The zero-order valence-corrected chi connectivity index (χ0v) is 17.8. The third-order valence-corrected chi connectivity index (χ3v) is 6.14. The van der Waals surface area contributed by atoms with Crippen LogP contribution in [0.25, 0.3) is 16.6 Å². The maximum Gasteiger partial charge on any atom is 0.329 e. The normalized spacial score (nSPS) is 16.5. The van der Waals surface area contributed by atoms with Gasteiger partial charge < -0.3 is 19.3 Å². The summed E-state index contributed by atoms with van der Waals surface area (Å²) >= 11 is 12.8. The quantitative estimate of drug-likeness (QED) is 0.508. The molecule has 7 nitrogen and oxygen atoms in total. The van der Waals surface area contributed by atoms with Crippen molar-refractivity contribution in [3.63, 3.8) is 0 Å². The molecule has 1 N–H and O–H groups in total. The van der Waals surface area contributed by atoms with Crippen LogP contribution in [0, 0.1) is 0 Å². The molecule has 3 aromatic rings. The highest BCUT2D eigenvalue weighted by molar-refractivity contribution is 6.45. The lowest BCUT2D eigenvalue weighted by Gasteiger charge is -2.27. The largest absolute Gasteiger partial charge is 0.480 e. The third-order valence-electron chi connectivity index (χ3n) is 5.34. The molecular weight excluding hydrogens is 427 g/mol. The molecule has 0 bridgehead atoms. The number of hydrogen-bond acceptors (Lipinski definition) is 5. The maximum absolute atomic E-state index is 10.6. The molecule has 2 aromatic heterocycles. The number of ether oxygens (including phenoxy) is 1. The molecular formula is C21H22Cl2N4O3. The Labute approximate surface area is 184 Å². The van der Waals surface area contributed by atoms with E-state index in [0.717, 1.165) is 49.1 Å². The second-order valence-electron chi connectivity index (χ2n) is 7.31. The molecule has 1 aliphatic heterocycles. The van der Waals surface area contributed by atoms with Crippen LogP contribution in [0.4, 0.5) is 5.82 Å². The van der Waals surface area contributed by atoms with Crippen LogP contribution in [-0.4, -0.2) is 51.4 Å². The highest BCUT2D eigenvalue weighted by Crippen LogP contribution is 2.36. The van der Waals surface area contributed by atoms with Gasteiger partial charge in [-0.2, -0.15) is 0 Å². The van der Waals surface area contributed by atoms with E-state index in [0.29, 0.717) is 28.2 Å². The van der Waals surface area contributed by atoms with Crippen LogP contribution in [0.15, 0.2) is 36.9 Å². The molecule has 1 saturated heterocycles. The number of fused-ring (bicyclic) bond motifs is 1. The van der Waals surface area contributed by atoms with E-state index < -0.39 is 5.97 Å². The van der Waals surface area contributed by atoms with E-state index in [4.69, 9.17) is 38.0 Å². The number of aliphatic carboxylic acids is 1. The second kappa shape index (κ2) is 9.20. The Morgan fingerprint density at radius 3 is 2.97 bits per heavy atom. The van der Waals surface area contributed by atoms with E-state index in [9.17, 15) is 4.79 Å². The second-order valence-corrected chi connectivity index (χ2v) is 8.09. The van der Waals surface area contributed by atoms with E-state index in [2.05, 4.69) is 16.0 Å². The summed E-state index contributed by atoms with van der Waals surface area (Å²) in [6.45, 7) is 1.08. The van der Waals surface area contributed by atoms with Gasteiger partial charge in [-0.15, -0.1) is 0 Å². The fraction of sp³-hybridized carbons (Fsp3) is 0.381. The van der Waals surface area contributed by atoms with Gasteiger partial charge in [0.05, 0.1) is 27.6 Å². The van der Waals surface area contributed by atoms with Gasteiger partial charge in [0.25, 0.3) is 0 Å². The molecule has 0 spiro atoms. The van der Waals surface area contributed by atoms with Gasteiger partial charge in [-0.1, -0.05) is 23.2 Å². The SMILES string of the molecule is O=C(O)COCCC[C@@H]1CCCN1c1cc(-n2ccnc2)c2ccc(Cl)c(Cl)c2n1. The molecule has 1 atom stereocenters. The highest BCUT2D eigenvalue weighted by Gasteiger charge is 2.26. The van der Waals surface area contributed by atoms with Crippen LogP contribution < -0.4 is 4.90 Å². The molecule has 1 fully saturated rings. The molecule has 9 heteroatoms. The van der Waals surface area contributed by atoms with Crippen molar-refractivity contribution < 1.29 is 14.6 Å². The van der Waals surface area contributed by atoms with Gasteiger partial charge >= 0.3 is 5.97 Å². The van der Waals surface area contributed by atoms with E-state index >= 15 is 0 Å². The topological polar surface area (TPSA) is 80.5 Å². The van der Waals surface area contributed by atoms with Crippen LogP contribution >= 0.6 is 23.2 Å². The number of pyridine rings is 1. The number of aromatic nitrogens is 3. The van der Waals surface area contributed by atoms with E-state index in [1.807, 2.05) is 16.8 Å². The van der Waals surface area contributed by atoms with E-state index in [-0.39, 0.29) is 6.61 Å². The molecule has 158 valence electrons. The Morgan fingerprint density at radius 2 is 2.20 bits per heavy atom. The minimum atomic E-state index is -0.944. The first-order chi connectivity index (χ1) is 14.5. The monoisotopic (exact) mass is 448 g/mol. The summed E-state index contributed by atoms with van der Waals surface area (Å²) in [5.41, 5.74) is 1.61. The fourth-order valence-electron chi connectivity index (χ4n) is 3.98. The van der Waals surface area contributed by atoms with Crippen LogP contribution in [-0.2, 0) is 9.53 Å². The standard InChI is InChI=1S/C21H22Cl2N4O3/c22-16-6-5-15-17(26-9-7-24-13-26)11-18(25-21(15)20(16)23)27-8-1-3-14(27)4-2-10-30-12-19(28)29/h5-7,9,11,13-14H,1-4,8,10,12H2,(H,28,29)/t14-/m0/s1. The van der Waals surface area contributed by atoms with Gasteiger partial charge in [-0.05, 0) is 37.8 Å². The maximum atomic E-state index is 10.6. The van der Waals surface area contributed by atoms with Crippen LogP contribution in [0.2, 0.25) is 10.0 Å². The molecule has 0 amide bonds. The molecule has 1 aliphatic rings. The molecule has 0 radical (unpaired) electrons. The lowest BCUT2D eigenvalue weighted by molar-refractivity contribution is -0.142. The molecule has 3 heterocycles. The molecule has 0 aliphatic carbocycles. The van der Waals surface area contributed by atoms with Crippen molar-refractivity contribution in [2.45, 2.75) is 31.7 Å². The number of carboxylic acid groups (broad SMARTS) is 1. The Kier molecular flexibility index (Phi) is 6.41.